The van der Waals surface area contributed by atoms with Gasteiger partial charge < -0.3 is 4.74 Å². The second-order valence-corrected chi connectivity index (χ2v) is 5.54. The van der Waals surface area contributed by atoms with Gasteiger partial charge in [-0.2, -0.15) is 0 Å². The van der Waals surface area contributed by atoms with Crippen LogP contribution in [0.25, 0.3) is 0 Å². The Balaban J connectivity index is 2.81. The number of ketones is 1. The van der Waals surface area contributed by atoms with Crippen molar-refractivity contribution in [3.05, 3.63) is 23.8 Å². The topological polar surface area (TPSA) is 26.3 Å². The van der Waals surface area contributed by atoms with Crippen LogP contribution in [-0.4, -0.2) is 18.5 Å². The van der Waals surface area contributed by atoms with E-state index < -0.39 is 0 Å². The molecule has 0 radical (unpaired) electrons. The van der Waals surface area contributed by atoms with Gasteiger partial charge >= 0.3 is 0 Å². The number of ether oxygens (including phenoxy) is 1. The SMILES string of the molecule is CCOC(C)C=CC1C(C)=CC(=O)CC1(C)C. The molecule has 2 atom stereocenters. The number of hydrogen-bond donors (Lipinski definition) is 0. The number of hydrogen-bond acceptors (Lipinski definition) is 2. The summed E-state index contributed by atoms with van der Waals surface area (Å²) in [4.78, 5) is 11.6. The van der Waals surface area contributed by atoms with Crippen LogP contribution in [0.2, 0.25) is 0 Å². The van der Waals surface area contributed by atoms with E-state index in [1.54, 1.807) is 6.08 Å². The molecule has 0 amide bonds. The monoisotopic (exact) mass is 236 g/mol. The van der Waals surface area contributed by atoms with E-state index in [9.17, 15) is 4.79 Å². The van der Waals surface area contributed by atoms with Crippen LogP contribution in [0.4, 0.5) is 0 Å². The van der Waals surface area contributed by atoms with E-state index in [1.165, 1.54) is 0 Å². The zero-order valence-corrected chi connectivity index (χ0v) is 11.6. The van der Waals surface area contributed by atoms with Gasteiger partial charge in [-0.05, 0) is 32.3 Å². The van der Waals surface area contributed by atoms with Crippen molar-refractivity contribution in [3.63, 3.8) is 0 Å². The van der Waals surface area contributed by atoms with E-state index in [2.05, 4.69) is 26.0 Å². The predicted octanol–water partition coefficient (Wildman–Crippen LogP) is 3.53. The molecule has 0 heterocycles. The Bertz CT molecular complexity index is 337. The summed E-state index contributed by atoms with van der Waals surface area (Å²) in [5.41, 5.74) is 1.17. The highest BCUT2D eigenvalue weighted by atomic mass is 16.5. The van der Waals surface area contributed by atoms with Crippen molar-refractivity contribution < 1.29 is 9.53 Å². The summed E-state index contributed by atoms with van der Waals surface area (Å²) in [5.74, 6) is 0.582. The Morgan fingerprint density at radius 1 is 1.59 bits per heavy atom. The van der Waals surface area contributed by atoms with E-state index in [0.29, 0.717) is 12.3 Å². The summed E-state index contributed by atoms with van der Waals surface area (Å²) in [7, 11) is 0. The molecule has 2 heteroatoms. The van der Waals surface area contributed by atoms with Gasteiger partial charge in [0, 0.05) is 18.9 Å². The molecule has 0 aromatic heterocycles. The number of carbonyl (C=O) groups excluding carboxylic acids is 1. The van der Waals surface area contributed by atoms with Crippen LogP contribution in [0.5, 0.6) is 0 Å². The largest absolute Gasteiger partial charge is 0.375 e. The molecular formula is C15H24O2. The third-order valence-electron chi connectivity index (χ3n) is 3.36. The standard InChI is InChI=1S/C15H24O2/c1-6-17-12(3)7-8-14-11(2)9-13(16)10-15(14,4)5/h7-9,12,14H,6,10H2,1-5H3. The minimum atomic E-state index is 0.0123. The van der Waals surface area contributed by atoms with E-state index in [1.807, 2.05) is 20.8 Å². The van der Waals surface area contributed by atoms with E-state index >= 15 is 0 Å². The van der Waals surface area contributed by atoms with E-state index in [-0.39, 0.29) is 17.3 Å². The lowest BCUT2D eigenvalue weighted by Crippen LogP contribution is -2.30. The highest BCUT2D eigenvalue weighted by Crippen LogP contribution is 2.40. The second kappa shape index (κ2) is 5.63. The molecule has 1 aliphatic rings. The summed E-state index contributed by atoms with van der Waals surface area (Å²) in [6.07, 6.45) is 6.84. The summed E-state index contributed by atoms with van der Waals surface area (Å²) < 4.78 is 5.48. The number of carbonyl (C=O) groups is 1. The number of allylic oxidation sites excluding steroid dienone is 3. The highest BCUT2D eigenvalue weighted by molar-refractivity contribution is 5.92. The molecule has 0 aromatic carbocycles. The van der Waals surface area contributed by atoms with Crippen LogP contribution in [0, 0.1) is 11.3 Å². The number of rotatable bonds is 4. The predicted molar refractivity (Wildman–Crippen MR) is 70.9 cm³/mol. The first-order valence-electron chi connectivity index (χ1n) is 6.37. The molecule has 2 unspecified atom stereocenters. The first-order valence-corrected chi connectivity index (χ1v) is 6.37. The summed E-state index contributed by atoms with van der Waals surface area (Å²) >= 11 is 0. The molecule has 1 aliphatic carbocycles. The first-order chi connectivity index (χ1) is 7.86. The molecule has 0 aromatic rings. The maximum Gasteiger partial charge on any atom is 0.156 e. The zero-order valence-electron chi connectivity index (χ0n) is 11.6. The van der Waals surface area contributed by atoms with Gasteiger partial charge in [0.2, 0.25) is 0 Å². The smallest absolute Gasteiger partial charge is 0.156 e. The minimum absolute atomic E-state index is 0.0123. The van der Waals surface area contributed by atoms with Crippen molar-refractivity contribution in [2.75, 3.05) is 6.61 Å². The minimum Gasteiger partial charge on any atom is -0.375 e. The molecular weight excluding hydrogens is 212 g/mol. The Kier molecular flexibility index (Phi) is 4.70. The lowest BCUT2D eigenvalue weighted by molar-refractivity contribution is -0.117. The third-order valence-corrected chi connectivity index (χ3v) is 3.36. The van der Waals surface area contributed by atoms with Crippen LogP contribution < -0.4 is 0 Å². The molecule has 1 rings (SSSR count). The van der Waals surface area contributed by atoms with Crippen molar-refractivity contribution in [2.45, 2.75) is 47.1 Å². The van der Waals surface area contributed by atoms with Gasteiger partial charge in [0.15, 0.2) is 5.78 Å². The lowest BCUT2D eigenvalue weighted by atomic mass is 9.68. The van der Waals surface area contributed by atoms with Crippen LogP contribution in [-0.2, 0) is 9.53 Å². The molecule has 0 N–H and O–H groups in total. The second-order valence-electron chi connectivity index (χ2n) is 5.54. The molecule has 0 bridgehead atoms. The van der Waals surface area contributed by atoms with Crippen molar-refractivity contribution in [1.29, 1.82) is 0 Å². The average Bonchev–Trinajstić information content (AvgIpc) is 2.14. The molecule has 0 spiro atoms. The van der Waals surface area contributed by atoms with Gasteiger partial charge in [0.05, 0.1) is 6.10 Å². The van der Waals surface area contributed by atoms with E-state index in [4.69, 9.17) is 4.74 Å². The molecule has 96 valence electrons. The summed E-state index contributed by atoms with van der Waals surface area (Å²) in [5, 5.41) is 0. The molecule has 0 fully saturated rings. The third kappa shape index (κ3) is 3.81. The van der Waals surface area contributed by atoms with Crippen LogP contribution >= 0.6 is 0 Å². The van der Waals surface area contributed by atoms with Gasteiger partial charge in [-0.1, -0.05) is 31.6 Å². The summed E-state index contributed by atoms with van der Waals surface area (Å²) in [6.45, 7) is 11.1. The van der Waals surface area contributed by atoms with Crippen molar-refractivity contribution in [1.82, 2.24) is 0 Å². The molecule has 2 nitrogen and oxygen atoms in total. The average molecular weight is 236 g/mol. The Hall–Kier alpha value is -0.890. The fourth-order valence-electron chi connectivity index (χ4n) is 2.57. The van der Waals surface area contributed by atoms with Gasteiger partial charge in [-0.3, -0.25) is 4.79 Å². The van der Waals surface area contributed by atoms with E-state index in [0.717, 1.165) is 12.2 Å². The van der Waals surface area contributed by atoms with Crippen LogP contribution in [0.1, 0.15) is 41.0 Å². The zero-order chi connectivity index (χ0) is 13.1. The summed E-state index contributed by atoms with van der Waals surface area (Å²) in [6, 6.07) is 0. The Morgan fingerprint density at radius 3 is 2.76 bits per heavy atom. The quantitative estimate of drug-likeness (QED) is 0.698. The van der Waals surface area contributed by atoms with Crippen molar-refractivity contribution in [3.8, 4) is 0 Å². The van der Waals surface area contributed by atoms with Gasteiger partial charge in [-0.15, -0.1) is 0 Å². The molecule has 17 heavy (non-hydrogen) atoms. The van der Waals surface area contributed by atoms with Gasteiger partial charge in [0.25, 0.3) is 0 Å². The molecule has 0 aliphatic heterocycles. The Labute approximate surface area is 105 Å². The maximum absolute atomic E-state index is 11.6. The maximum atomic E-state index is 11.6. The van der Waals surface area contributed by atoms with Gasteiger partial charge in [-0.25, -0.2) is 0 Å². The van der Waals surface area contributed by atoms with Crippen LogP contribution in [0.15, 0.2) is 23.8 Å². The normalized spacial score (nSPS) is 26.1. The fourth-order valence-corrected chi connectivity index (χ4v) is 2.57. The van der Waals surface area contributed by atoms with Gasteiger partial charge in [0.1, 0.15) is 0 Å². The Morgan fingerprint density at radius 2 is 2.24 bits per heavy atom. The first kappa shape index (κ1) is 14.2. The highest BCUT2D eigenvalue weighted by Gasteiger charge is 2.34. The molecule has 0 saturated heterocycles. The lowest BCUT2D eigenvalue weighted by Gasteiger charge is -2.36. The van der Waals surface area contributed by atoms with Crippen molar-refractivity contribution in [2.24, 2.45) is 11.3 Å². The van der Waals surface area contributed by atoms with Crippen molar-refractivity contribution >= 4 is 5.78 Å². The molecule has 0 saturated carbocycles. The van der Waals surface area contributed by atoms with Crippen LogP contribution in [0.3, 0.4) is 0 Å². The fraction of sp³-hybridized carbons (Fsp3) is 0.667.